The van der Waals surface area contributed by atoms with Gasteiger partial charge < -0.3 is 11.1 Å². The van der Waals surface area contributed by atoms with Crippen molar-refractivity contribution < 1.29 is 8.78 Å². The van der Waals surface area contributed by atoms with Crippen LogP contribution in [-0.2, 0) is 6.42 Å². The SMILES string of the molecule is Cc1cccc(N)c1NCCc1ccc(F)c(F)c1. The van der Waals surface area contributed by atoms with E-state index < -0.39 is 11.6 Å². The molecule has 4 heteroatoms. The Morgan fingerprint density at radius 2 is 1.89 bits per heavy atom. The molecule has 2 aromatic carbocycles. The molecule has 0 aromatic heterocycles. The molecule has 0 saturated heterocycles. The summed E-state index contributed by atoms with van der Waals surface area (Å²) in [6, 6.07) is 9.64. The molecule has 19 heavy (non-hydrogen) atoms. The first-order valence-electron chi connectivity index (χ1n) is 6.11. The first-order chi connectivity index (χ1) is 9.08. The van der Waals surface area contributed by atoms with Crippen LogP contribution in [0.3, 0.4) is 0 Å². The minimum absolute atomic E-state index is 0.602. The molecule has 0 heterocycles. The first kappa shape index (κ1) is 13.3. The van der Waals surface area contributed by atoms with Crippen LogP contribution in [0.25, 0.3) is 0 Å². The fourth-order valence-electron chi connectivity index (χ4n) is 1.96. The van der Waals surface area contributed by atoms with Crippen LogP contribution in [0.15, 0.2) is 36.4 Å². The molecular weight excluding hydrogens is 246 g/mol. The van der Waals surface area contributed by atoms with Gasteiger partial charge in [-0.1, -0.05) is 18.2 Å². The zero-order valence-corrected chi connectivity index (χ0v) is 10.7. The van der Waals surface area contributed by atoms with Gasteiger partial charge in [-0.05, 0) is 42.7 Å². The summed E-state index contributed by atoms with van der Waals surface area (Å²) in [7, 11) is 0. The van der Waals surface area contributed by atoms with Crippen LogP contribution in [0.2, 0.25) is 0 Å². The monoisotopic (exact) mass is 262 g/mol. The van der Waals surface area contributed by atoms with E-state index in [1.807, 2.05) is 25.1 Å². The maximum absolute atomic E-state index is 13.0. The quantitative estimate of drug-likeness (QED) is 0.827. The summed E-state index contributed by atoms with van der Waals surface area (Å²) in [4.78, 5) is 0. The molecule has 2 rings (SSSR count). The second-order valence-electron chi connectivity index (χ2n) is 4.46. The smallest absolute Gasteiger partial charge is 0.159 e. The van der Waals surface area contributed by atoms with Crippen LogP contribution in [0.1, 0.15) is 11.1 Å². The van der Waals surface area contributed by atoms with Crippen molar-refractivity contribution in [3.8, 4) is 0 Å². The summed E-state index contributed by atoms with van der Waals surface area (Å²) in [6.07, 6.45) is 0.602. The Labute approximate surface area is 111 Å². The zero-order chi connectivity index (χ0) is 13.8. The van der Waals surface area contributed by atoms with Crippen molar-refractivity contribution in [2.75, 3.05) is 17.6 Å². The van der Waals surface area contributed by atoms with E-state index in [1.54, 1.807) is 6.07 Å². The lowest BCUT2D eigenvalue weighted by Gasteiger charge is -2.12. The van der Waals surface area contributed by atoms with Crippen LogP contribution < -0.4 is 11.1 Å². The molecule has 3 N–H and O–H groups in total. The van der Waals surface area contributed by atoms with Gasteiger partial charge in [0.15, 0.2) is 11.6 Å². The third-order valence-electron chi connectivity index (χ3n) is 3.00. The fraction of sp³-hybridized carbons (Fsp3) is 0.200. The summed E-state index contributed by atoms with van der Waals surface area (Å²) in [5, 5.41) is 3.22. The van der Waals surface area contributed by atoms with Crippen LogP contribution >= 0.6 is 0 Å². The first-order valence-corrected chi connectivity index (χ1v) is 6.11. The van der Waals surface area contributed by atoms with Gasteiger partial charge in [0, 0.05) is 6.54 Å². The molecule has 0 spiro atoms. The molecule has 100 valence electrons. The Kier molecular flexibility index (Phi) is 4.00. The van der Waals surface area contributed by atoms with Gasteiger partial charge in [-0.15, -0.1) is 0 Å². The van der Waals surface area contributed by atoms with Gasteiger partial charge >= 0.3 is 0 Å². The molecule has 0 fully saturated rings. The van der Waals surface area contributed by atoms with Crippen LogP contribution in [0.4, 0.5) is 20.2 Å². The standard InChI is InChI=1S/C15H16F2N2/c1-10-3-2-4-14(18)15(10)19-8-7-11-5-6-12(16)13(17)9-11/h2-6,9,19H,7-8,18H2,1H3. The lowest BCUT2D eigenvalue weighted by Crippen LogP contribution is -2.08. The predicted octanol–water partition coefficient (Wildman–Crippen LogP) is 3.51. The van der Waals surface area contributed by atoms with Crippen molar-refractivity contribution in [3.05, 3.63) is 59.2 Å². The summed E-state index contributed by atoms with van der Waals surface area (Å²) >= 11 is 0. The Morgan fingerprint density at radius 3 is 2.58 bits per heavy atom. The third-order valence-corrected chi connectivity index (χ3v) is 3.00. The molecule has 0 unspecified atom stereocenters. The van der Waals surface area contributed by atoms with E-state index in [0.717, 1.165) is 22.9 Å². The largest absolute Gasteiger partial charge is 0.397 e. The van der Waals surface area contributed by atoms with E-state index in [9.17, 15) is 8.78 Å². The third kappa shape index (κ3) is 3.22. The maximum Gasteiger partial charge on any atom is 0.159 e. The molecule has 0 saturated carbocycles. The molecule has 0 amide bonds. The highest BCUT2D eigenvalue weighted by Crippen LogP contribution is 2.22. The lowest BCUT2D eigenvalue weighted by molar-refractivity contribution is 0.507. The average Bonchev–Trinajstić information content (AvgIpc) is 2.37. The van der Waals surface area contributed by atoms with Gasteiger partial charge in [0.1, 0.15) is 0 Å². The van der Waals surface area contributed by atoms with Crippen molar-refractivity contribution in [1.82, 2.24) is 0 Å². The minimum Gasteiger partial charge on any atom is -0.397 e. The Morgan fingerprint density at radius 1 is 1.11 bits per heavy atom. The topological polar surface area (TPSA) is 38.0 Å². The highest BCUT2D eigenvalue weighted by atomic mass is 19.2. The molecule has 0 radical (unpaired) electrons. The molecular formula is C15H16F2N2. The number of aryl methyl sites for hydroxylation is 1. The molecule has 2 nitrogen and oxygen atoms in total. The van der Waals surface area contributed by atoms with E-state index in [2.05, 4.69) is 5.32 Å². The molecule has 0 bridgehead atoms. The van der Waals surface area contributed by atoms with Crippen molar-refractivity contribution in [3.63, 3.8) is 0 Å². The fourth-order valence-corrected chi connectivity index (χ4v) is 1.96. The van der Waals surface area contributed by atoms with Gasteiger partial charge in [-0.2, -0.15) is 0 Å². The molecule has 2 aromatic rings. The van der Waals surface area contributed by atoms with Crippen LogP contribution in [0.5, 0.6) is 0 Å². The van der Waals surface area contributed by atoms with E-state index in [4.69, 9.17) is 5.73 Å². The highest BCUT2D eigenvalue weighted by Gasteiger charge is 2.04. The van der Waals surface area contributed by atoms with Crippen molar-refractivity contribution >= 4 is 11.4 Å². The number of para-hydroxylation sites is 1. The van der Waals surface area contributed by atoms with Gasteiger partial charge in [-0.25, -0.2) is 8.78 Å². The van der Waals surface area contributed by atoms with Gasteiger partial charge in [0.05, 0.1) is 11.4 Å². The Bertz CT molecular complexity index is 562. The van der Waals surface area contributed by atoms with Gasteiger partial charge in [0.2, 0.25) is 0 Å². The van der Waals surface area contributed by atoms with E-state index in [0.29, 0.717) is 18.7 Å². The highest BCUT2D eigenvalue weighted by molar-refractivity contribution is 5.69. The maximum atomic E-state index is 13.0. The lowest BCUT2D eigenvalue weighted by atomic mass is 10.1. The van der Waals surface area contributed by atoms with Crippen molar-refractivity contribution in [2.45, 2.75) is 13.3 Å². The zero-order valence-electron chi connectivity index (χ0n) is 10.7. The number of hydrogen-bond donors (Lipinski definition) is 2. The summed E-state index contributed by atoms with van der Waals surface area (Å²) in [5.74, 6) is -1.63. The number of nitrogens with one attached hydrogen (secondary N) is 1. The predicted molar refractivity (Wildman–Crippen MR) is 74.1 cm³/mol. The Balaban J connectivity index is 1.98. The molecule has 0 aliphatic rings. The van der Waals surface area contributed by atoms with Crippen LogP contribution in [-0.4, -0.2) is 6.54 Å². The summed E-state index contributed by atoms with van der Waals surface area (Å²) < 4.78 is 25.8. The number of nitrogen functional groups attached to an aromatic ring is 1. The molecule has 0 aliphatic carbocycles. The molecule has 0 aliphatic heterocycles. The van der Waals surface area contributed by atoms with E-state index in [-0.39, 0.29) is 0 Å². The van der Waals surface area contributed by atoms with Crippen LogP contribution in [0, 0.1) is 18.6 Å². The van der Waals surface area contributed by atoms with E-state index >= 15 is 0 Å². The molecule has 0 atom stereocenters. The minimum atomic E-state index is -0.820. The summed E-state index contributed by atoms with van der Waals surface area (Å²) in [6.45, 7) is 2.58. The number of benzene rings is 2. The van der Waals surface area contributed by atoms with Gasteiger partial charge in [0.25, 0.3) is 0 Å². The number of rotatable bonds is 4. The number of halogens is 2. The number of hydrogen-bond acceptors (Lipinski definition) is 2. The average molecular weight is 262 g/mol. The Hall–Kier alpha value is -2.10. The number of anilines is 2. The second-order valence-corrected chi connectivity index (χ2v) is 4.46. The number of nitrogens with two attached hydrogens (primary N) is 1. The summed E-state index contributed by atoms with van der Waals surface area (Å²) in [5.41, 5.74) is 9.26. The van der Waals surface area contributed by atoms with Crippen molar-refractivity contribution in [1.29, 1.82) is 0 Å². The second kappa shape index (κ2) is 5.69. The van der Waals surface area contributed by atoms with Crippen molar-refractivity contribution in [2.24, 2.45) is 0 Å². The normalized spacial score (nSPS) is 10.5. The van der Waals surface area contributed by atoms with E-state index in [1.165, 1.54) is 6.07 Å². The van der Waals surface area contributed by atoms with Gasteiger partial charge in [-0.3, -0.25) is 0 Å².